The van der Waals surface area contributed by atoms with Crippen LogP contribution in [0.4, 0.5) is 0 Å². The van der Waals surface area contributed by atoms with Crippen molar-refractivity contribution in [1.82, 2.24) is 0 Å². The van der Waals surface area contributed by atoms with Crippen molar-refractivity contribution in [1.29, 1.82) is 0 Å². The maximum atomic E-state index is 10.2. The van der Waals surface area contributed by atoms with E-state index in [1.54, 1.807) is 0 Å². The van der Waals surface area contributed by atoms with Crippen molar-refractivity contribution in [3.05, 3.63) is 0 Å². The lowest BCUT2D eigenvalue weighted by Crippen LogP contribution is -2.00. The van der Waals surface area contributed by atoms with Gasteiger partial charge in [-0.25, -0.2) is 4.79 Å². The van der Waals surface area contributed by atoms with E-state index in [0.717, 1.165) is 0 Å². The molecule has 0 radical (unpaired) electrons. The molecule has 0 aliphatic rings. The lowest BCUT2D eigenvalue weighted by molar-refractivity contribution is -0.234. The van der Waals surface area contributed by atoms with Gasteiger partial charge in [0.05, 0.1) is 0 Å². The fourth-order valence-electron chi connectivity index (χ4n) is 0.417. The molecule has 0 aliphatic heterocycles. The fraction of sp³-hybridized carbons (Fsp3) is 0.600. The third-order valence-electron chi connectivity index (χ3n) is 0.856. The predicted molar refractivity (Wildman–Crippen MR) is 33.4 cm³/mol. The van der Waals surface area contributed by atoms with Gasteiger partial charge in [0, 0.05) is 12.8 Å². The Morgan fingerprint density at radius 3 is 2.40 bits per heavy atom. The van der Waals surface area contributed by atoms with Crippen molar-refractivity contribution in [3.63, 3.8) is 0 Å². The summed E-state index contributed by atoms with van der Waals surface area (Å²) in [7, 11) is 0. The molecular weight excluding hydrogens is 160 g/mol. The highest BCUT2D eigenvalue weighted by molar-refractivity contribution is 6.63. The molecule has 0 amide bonds. The average molecular weight is 167 g/mol. The van der Waals surface area contributed by atoms with Crippen LogP contribution in [0.15, 0.2) is 0 Å². The molecule has 0 unspecified atom stereocenters. The molecule has 0 rings (SSSR count). The van der Waals surface area contributed by atoms with Crippen molar-refractivity contribution in [2.45, 2.75) is 19.3 Å². The van der Waals surface area contributed by atoms with Crippen molar-refractivity contribution >= 4 is 22.8 Å². The van der Waals surface area contributed by atoms with Crippen LogP contribution in [0.1, 0.15) is 19.3 Å². The van der Waals surface area contributed by atoms with Crippen LogP contribution in [0.2, 0.25) is 0 Å². The van der Waals surface area contributed by atoms with Gasteiger partial charge in [0.1, 0.15) is 0 Å². The molecule has 0 fully saturated rings. The minimum Gasteiger partial charge on any atom is -0.301 e. The Kier molecular flexibility index (Phi) is 4.88. The summed E-state index contributed by atoms with van der Waals surface area (Å²) >= 11 is 4.95. The minimum atomic E-state index is -0.752. The average Bonchev–Trinajstić information content (AvgIpc) is 1.87. The molecule has 0 aromatic heterocycles. The fourth-order valence-corrected chi connectivity index (χ4v) is 0.551. The van der Waals surface area contributed by atoms with Crippen molar-refractivity contribution < 1.29 is 19.7 Å². The van der Waals surface area contributed by atoms with Gasteiger partial charge in [-0.2, -0.15) is 5.26 Å². The van der Waals surface area contributed by atoms with Gasteiger partial charge in [0.25, 0.3) is 0 Å². The van der Waals surface area contributed by atoms with E-state index in [4.69, 9.17) is 16.9 Å². The molecule has 0 atom stereocenters. The van der Waals surface area contributed by atoms with Crippen molar-refractivity contribution in [3.8, 4) is 0 Å². The lowest BCUT2D eigenvalue weighted by Gasteiger charge is -1.92. The van der Waals surface area contributed by atoms with E-state index in [0.29, 0.717) is 6.42 Å². The van der Waals surface area contributed by atoms with E-state index in [2.05, 4.69) is 4.89 Å². The molecule has 0 spiro atoms. The Balaban J connectivity index is 3.20. The first-order valence-electron chi connectivity index (χ1n) is 2.69. The second-order valence-electron chi connectivity index (χ2n) is 1.67. The Bertz CT molecular complexity index is 134. The standard InChI is InChI=1S/C5H7ClO4/c6-4(7)2-1-3-5(8)10-9/h9H,1-3H2. The molecule has 10 heavy (non-hydrogen) atoms. The van der Waals surface area contributed by atoms with Crippen LogP contribution in [-0.4, -0.2) is 16.5 Å². The number of rotatable bonds is 4. The zero-order chi connectivity index (χ0) is 7.98. The topological polar surface area (TPSA) is 63.6 Å². The number of hydrogen-bond donors (Lipinski definition) is 1. The van der Waals surface area contributed by atoms with Gasteiger partial charge in [-0.1, -0.05) is 0 Å². The number of carbonyl (C=O) groups is 2. The number of hydrogen-bond acceptors (Lipinski definition) is 4. The summed E-state index contributed by atoms with van der Waals surface area (Å²) in [5.41, 5.74) is 0. The summed E-state index contributed by atoms with van der Waals surface area (Å²) < 4.78 is 0. The number of halogens is 1. The van der Waals surface area contributed by atoms with Gasteiger partial charge in [-0.15, -0.1) is 0 Å². The summed E-state index contributed by atoms with van der Waals surface area (Å²) in [6.07, 6.45) is 0.438. The normalized spacial score (nSPS) is 9.00. The second-order valence-corrected chi connectivity index (χ2v) is 2.09. The van der Waals surface area contributed by atoms with Crippen LogP contribution < -0.4 is 0 Å². The van der Waals surface area contributed by atoms with Crippen LogP contribution in [-0.2, 0) is 14.5 Å². The minimum absolute atomic E-state index is 0.00889. The molecule has 0 bridgehead atoms. The maximum absolute atomic E-state index is 10.2. The first-order valence-corrected chi connectivity index (χ1v) is 3.07. The summed E-state index contributed by atoms with van der Waals surface area (Å²) in [5, 5.41) is 7.24. The summed E-state index contributed by atoms with van der Waals surface area (Å²) in [5.74, 6) is -0.752. The molecule has 0 aliphatic carbocycles. The summed E-state index contributed by atoms with van der Waals surface area (Å²) in [6.45, 7) is 0. The smallest absolute Gasteiger partial charge is 0.301 e. The monoisotopic (exact) mass is 166 g/mol. The largest absolute Gasteiger partial charge is 0.342 e. The van der Waals surface area contributed by atoms with Crippen LogP contribution in [0.3, 0.4) is 0 Å². The zero-order valence-electron chi connectivity index (χ0n) is 5.17. The summed E-state index contributed by atoms with van der Waals surface area (Å²) in [4.78, 5) is 23.6. The molecule has 58 valence electrons. The first kappa shape index (κ1) is 9.39. The van der Waals surface area contributed by atoms with Gasteiger partial charge in [-0.3, -0.25) is 4.79 Å². The molecule has 1 N–H and O–H groups in total. The van der Waals surface area contributed by atoms with Crippen LogP contribution in [0, 0.1) is 0 Å². The third kappa shape index (κ3) is 5.53. The predicted octanol–water partition coefficient (Wildman–Crippen LogP) is 0.938. The van der Waals surface area contributed by atoms with Crippen LogP contribution >= 0.6 is 11.6 Å². The van der Waals surface area contributed by atoms with E-state index >= 15 is 0 Å². The van der Waals surface area contributed by atoms with Crippen LogP contribution in [0.5, 0.6) is 0 Å². The van der Waals surface area contributed by atoms with Gasteiger partial charge in [-0.05, 0) is 18.0 Å². The molecule has 0 aromatic carbocycles. The van der Waals surface area contributed by atoms with E-state index < -0.39 is 11.2 Å². The van der Waals surface area contributed by atoms with Gasteiger partial charge >= 0.3 is 5.97 Å². The third-order valence-corrected chi connectivity index (χ3v) is 1.05. The molecule has 4 nitrogen and oxygen atoms in total. The molecule has 0 heterocycles. The van der Waals surface area contributed by atoms with Crippen LogP contribution in [0.25, 0.3) is 0 Å². The molecule has 0 aromatic rings. The van der Waals surface area contributed by atoms with Gasteiger partial charge in [0.2, 0.25) is 5.24 Å². The SMILES string of the molecule is O=C(Cl)CCCC(=O)OO. The molecule has 0 saturated heterocycles. The highest BCUT2D eigenvalue weighted by Crippen LogP contribution is 1.99. The number of carbonyl (C=O) groups excluding carboxylic acids is 2. The van der Waals surface area contributed by atoms with Crippen molar-refractivity contribution in [2.24, 2.45) is 0 Å². The van der Waals surface area contributed by atoms with Gasteiger partial charge < -0.3 is 4.89 Å². The van der Waals surface area contributed by atoms with E-state index in [1.165, 1.54) is 0 Å². The van der Waals surface area contributed by atoms with Crippen molar-refractivity contribution in [2.75, 3.05) is 0 Å². The summed E-state index contributed by atoms with van der Waals surface area (Å²) in [6, 6.07) is 0. The van der Waals surface area contributed by atoms with E-state index in [-0.39, 0.29) is 12.8 Å². The quantitative estimate of drug-likeness (QED) is 0.384. The zero-order valence-corrected chi connectivity index (χ0v) is 5.93. The van der Waals surface area contributed by atoms with Gasteiger partial charge in [0.15, 0.2) is 0 Å². The molecular formula is C5H7ClO4. The highest BCUT2D eigenvalue weighted by atomic mass is 35.5. The lowest BCUT2D eigenvalue weighted by atomic mass is 10.2. The Morgan fingerprint density at radius 1 is 1.40 bits per heavy atom. The maximum Gasteiger partial charge on any atom is 0.342 e. The Morgan fingerprint density at radius 2 is 2.00 bits per heavy atom. The first-order chi connectivity index (χ1) is 4.66. The van der Waals surface area contributed by atoms with E-state index in [9.17, 15) is 9.59 Å². The van der Waals surface area contributed by atoms with E-state index in [1.807, 2.05) is 0 Å². The second kappa shape index (κ2) is 5.20. The molecule has 0 saturated carbocycles. The molecule has 5 heteroatoms. The Labute approximate surface area is 62.7 Å². The Hall–Kier alpha value is -0.610. The highest BCUT2D eigenvalue weighted by Gasteiger charge is 2.02.